The first-order valence-electron chi connectivity index (χ1n) is 9.03. The van der Waals surface area contributed by atoms with E-state index in [1.807, 2.05) is 30.9 Å². The zero-order valence-corrected chi connectivity index (χ0v) is 14.6. The highest BCUT2D eigenvalue weighted by atomic mass is 16.6. The van der Waals surface area contributed by atoms with Gasteiger partial charge in [-0.15, -0.1) is 0 Å². The molecule has 0 aromatic carbocycles. The minimum absolute atomic E-state index is 0.0893. The summed E-state index contributed by atoms with van der Waals surface area (Å²) in [5.41, 5.74) is 2.31. The van der Waals surface area contributed by atoms with Gasteiger partial charge in [0.15, 0.2) is 0 Å². The van der Waals surface area contributed by atoms with Crippen LogP contribution in [0.3, 0.4) is 0 Å². The van der Waals surface area contributed by atoms with Crippen LogP contribution in [0.5, 0.6) is 0 Å². The lowest BCUT2D eigenvalue weighted by Gasteiger charge is -2.23. The smallest absolute Gasteiger partial charge is 0.254 e. The number of rotatable bonds is 4. The number of hydrogen-bond donors (Lipinski definition) is 0. The number of aromatic nitrogens is 1. The van der Waals surface area contributed by atoms with Crippen LogP contribution in [-0.2, 0) is 9.47 Å². The van der Waals surface area contributed by atoms with Crippen molar-refractivity contribution in [3.63, 3.8) is 0 Å². The number of hydrogen-bond acceptors (Lipinski definition) is 4. The number of likely N-dealkylation sites (tertiary alicyclic amines) is 1. The van der Waals surface area contributed by atoms with Gasteiger partial charge in [-0.25, -0.2) is 0 Å². The molecule has 24 heavy (non-hydrogen) atoms. The first kappa shape index (κ1) is 16.0. The molecule has 1 aromatic rings. The molecule has 1 aliphatic carbocycles. The van der Waals surface area contributed by atoms with Gasteiger partial charge in [-0.1, -0.05) is 0 Å². The predicted octanol–water partition coefficient (Wildman–Crippen LogP) is 2.50. The third-order valence-corrected chi connectivity index (χ3v) is 5.37. The van der Waals surface area contributed by atoms with E-state index in [0.29, 0.717) is 13.2 Å². The molecule has 0 radical (unpaired) electrons. The summed E-state index contributed by atoms with van der Waals surface area (Å²) < 4.78 is 12.1. The number of aryl methyl sites for hydroxylation is 2. The average Bonchev–Trinajstić information content (AvgIpc) is 3.16. The fourth-order valence-electron chi connectivity index (χ4n) is 3.91. The third-order valence-electron chi connectivity index (χ3n) is 5.37. The van der Waals surface area contributed by atoms with Gasteiger partial charge in [0, 0.05) is 36.5 Å². The maximum absolute atomic E-state index is 12.8. The molecular weight excluding hydrogens is 304 g/mol. The SMILES string of the molecule is Cc1cc(C(=O)N2CC[C@]3(C[C@@H](OCC4CC4)CO3)C2)cc(C)n1. The van der Waals surface area contributed by atoms with Crippen molar-refractivity contribution in [2.24, 2.45) is 5.92 Å². The second-order valence-corrected chi connectivity index (χ2v) is 7.71. The largest absolute Gasteiger partial charge is 0.375 e. The average molecular weight is 330 g/mol. The van der Waals surface area contributed by atoms with Crippen molar-refractivity contribution in [2.75, 3.05) is 26.3 Å². The molecular formula is C19H26N2O3. The third kappa shape index (κ3) is 3.33. The van der Waals surface area contributed by atoms with E-state index in [1.165, 1.54) is 12.8 Å². The maximum atomic E-state index is 12.8. The normalized spacial score (nSPS) is 29.6. The first-order valence-corrected chi connectivity index (χ1v) is 9.03. The second kappa shape index (κ2) is 6.12. The van der Waals surface area contributed by atoms with Crippen LogP contribution in [0.4, 0.5) is 0 Å². The summed E-state index contributed by atoms with van der Waals surface area (Å²) in [6, 6.07) is 3.74. The Kier molecular flexibility index (Phi) is 4.09. The Hall–Kier alpha value is -1.46. The van der Waals surface area contributed by atoms with Crippen molar-refractivity contribution >= 4 is 5.91 Å². The zero-order valence-electron chi connectivity index (χ0n) is 14.6. The highest BCUT2D eigenvalue weighted by Crippen LogP contribution is 2.38. The van der Waals surface area contributed by atoms with Gasteiger partial charge in [-0.2, -0.15) is 0 Å². The molecule has 2 saturated heterocycles. The number of ether oxygens (including phenoxy) is 2. The van der Waals surface area contributed by atoms with Crippen molar-refractivity contribution < 1.29 is 14.3 Å². The van der Waals surface area contributed by atoms with E-state index in [2.05, 4.69) is 4.98 Å². The van der Waals surface area contributed by atoms with Gasteiger partial charge in [0.2, 0.25) is 0 Å². The molecule has 1 spiro atoms. The van der Waals surface area contributed by atoms with E-state index < -0.39 is 0 Å². The molecule has 4 rings (SSSR count). The molecule has 0 unspecified atom stereocenters. The van der Waals surface area contributed by atoms with Crippen LogP contribution >= 0.6 is 0 Å². The minimum atomic E-state index is -0.193. The molecule has 130 valence electrons. The Bertz CT molecular complexity index is 623. The van der Waals surface area contributed by atoms with Crippen LogP contribution in [-0.4, -0.2) is 53.8 Å². The van der Waals surface area contributed by atoms with Crippen molar-refractivity contribution in [1.29, 1.82) is 0 Å². The van der Waals surface area contributed by atoms with Crippen molar-refractivity contribution in [2.45, 2.75) is 51.2 Å². The van der Waals surface area contributed by atoms with Crippen LogP contribution in [0.25, 0.3) is 0 Å². The van der Waals surface area contributed by atoms with E-state index in [1.54, 1.807) is 0 Å². The molecule has 5 nitrogen and oxygen atoms in total. The molecule has 0 bridgehead atoms. The molecule has 2 atom stereocenters. The van der Waals surface area contributed by atoms with Gasteiger partial charge in [-0.3, -0.25) is 9.78 Å². The van der Waals surface area contributed by atoms with Gasteiger partial charge in [0.05, 0.1) is 24.9 Å². The molecule has 1 aromatic heterocycles. The number of carbonyl (C=O) groups excluding carboxylic acids is 1. The Labute approximate surface area is 143 Å². The Morgan fingerprint density at radius 1 is 1.38 bits per heavy atom. The summed E-state index contributed by atoms with van der Waals surface area (Å²) in [5.74, 6) is 0.868. The zero-order chi connectivity index (χ0) is 16.7. The summed E-state index contributed by atoms with van der Waals surface area (Å²) in [7, 11) is 0. The summed E-state index contributed by atoms with van der Waals surface area (Å²) >= 11 is 0. The van der Waals surface area contributed by atoms with E-state index >= 15 is 0 Å². The molecule has 1 saturated carbocycles. The lowest BCUT2D eigenvalue weighted by Crippen LogP contribution is -2.36. The van der Waals surface area contributed by atoms with Crippen LogP contribution in [0, 0.1) is 19.8 Å². The first-order chi connectivity index (χ1) is 11.5. The van der Waals surface area contributed by atoms with Gasteiger partial charge >= 0.3 is 0 Å². The van der Waals surface area contributed by atoms with Crippen LogP contribution < -0.4 is 0 Å². The summed E-state index contributed by atoms with van der Waals surface area (Å²) in [6.45, 7) is 6.84. The van der Waals surface area contributed by atoms with Crippen LogP contribution in [0.2, 0.25) is 0 Å². The van der Waals surface area contributed by atoms with Gasteiger partial charge in [0.1, 0.15) is 0 Å². The summed E-state index contributed by atoms with van der Waals surface area (Å²) in [4.78, 5) is 19.1. The fourth-order valence-corrected chi connectivity index (χ4v) is 3.91. The molecule has 3 fully saturated rings. The highest BCUT2D eigenvalue weighted by molar-refractivity contribution is 5.94. The standard InChI is InChI=1S/C19H26N2O3/c1-13-7-16(8-14(2)20-13)18(22)21-6-5-19(12-21)9-17(11-24-19)23-10-15-3-4-15/h7-8,15,17H,3-6,9-12H2,1-2H3/t17-,19+/m1/s1. The predicted molar refractivity (Wildman–Crippen MR) is 90.0 cm³/mol. The molecule has 3 aliphatic rings. The second-order valence-electron chi connectivity index (χ2n) is 7.71. The molecule has 0 N–H and O–H groups in total. The fraction of sp³-hybridized carbons (Fsp3) is 0.684. The Morgan fingerprint density at radius 2 is 2.12 bits per heavy atom. The van der Waals surface area contributed by atoms with Crippen molar-refractivity contribution in [1.82, 2.24) is 9.88 Å². The highest BCUT2D eigenvalue weighted by Gasteiger charge is 2.47. The van der Waals surface area contributed by atoms with Gasteiger partial charge < -0.3 is 14.4 Å². The Balaban J connectivity index is 1.38. The van der Waals surface area contributed by atoms with Crippen molar-refractivity contribution in [3.8, 4) is 0 Å². The number of pyridine rings is 1. The lowest BCUT2D eigenvalue weighted by atomic mass is 9.98. The molecule has 1 amide bonds. The monoisotopic (exact) mass is 330 g/mol. The topological polar surface area (TPSA) is 51.7 Å². The minimum Gasteiger partial charge on any atom is -0.375 e. The van der Waals surface area contributed by atoms with Gasteiger partial charge in [-0.05, 0) is 51.2 Å². The molecule has 3 heterocycles. The number of amides is 1. The number of nitrogens with zero attached hydrogens (tertiary/aromatic N) is 2. The van der Waals surface area contributed by atoms with Crippen molar-refractivity contribution in [3.05, 3.63) is 29.1 Å². The van der Waals surface area contributed by atoms with Gasteiger partial charge in [0.25, 0.3) is 5.91 Å². The molecule has 2 aliphatic heterocycles. The Morgan fingerprint density at radius 3 is 2.83 bits per heavy atom. The van der Waals surface area contributed by atoms with E-state index in [4.69, 9.17) is 9.47 Å². The van der Waals surface area contributed by atoms with E-state index in [0.717, 1.165) is 48.9 Å². The maximum Gasteiger partial charge on any atom is 0.254 e. The van der Waals surface area contributed by atoms with Crippen LogP contribution in [0.1, 0.15) is 47.4 Å². The summed E-state index contributed by atoms with van der Waals surface area (Å²) in [6.07, 6.45) is 4.65. The number of carbonyl (C=O) groups is 1. The lowest BCUT2D eigenvalue weighted by molar-refractivity contribution is 0.00156. The molecule has 5 heteroatoms. The van der Waals surface area contributed by atoms with Crippen LogP contribution in [0.15, 0.2) is 12.1 Å². The van der Waals surface area contributed by atoms with E-state index in [9.17, 15) is 4.79 Å². The quantitative estimate of drug-likeness (QED) is 0.851. The van der Waals surface area contributed by atoms with E-state index in [-0.39, 0.29) is 17.6 Å². The summed E-state index contributed by atoms with van der Waals surface area (Å²) in [5, 5.41) is 0.